The van der Waals surface area contributed by atoms with Gasteiger partial charge < -0.3 is 15.0 Å². The summed E-state index contributed by atoms with van der Waals surface area (Å²) in [7, 11) is 0. The zero-order valence-electron chi connectivity index (χ0n) is 11.3. The van der Waals surface area contributed by atoms with Gasteiger partial charge >= 0.3 is 6.36 Å². The molecule has 3 rings (SSSR count). The minimum Gasteiger partial charge on any atom is -0.405 e. The van der Waals surface area contributed by atoms with Gasteiger partial charge in [0.1, 0.15) is 5.75 Å². The van der Waals surface area contributed by atoms with Crippen molar-refractivity contribution in [2.24, 2.45) is 5.92 Å². The van der Waals surface area contributed by atoms with Crippen molar-refractivity contribution in [1.82, 2.24) is 5.32 Å². The maximum Gasteiger partial charge on any atom is 0.573 e. The summed E-state index contributed by atoms with van der Waals surface area (Å²) in [5.74, 6) is 0.546. The molecular formula is C14H16BrF3N2O. The highest BCUT2D eigenvalue weighted by Gasteiger charge is 2.34. The molecule has 2 fully saturated rings. The van der Waals surface area contributed by atoms with Gasteiger partial charge in [0.25, 0.3) is 0 Å². The Labute approximate surface area is 129 Å². The maximum absolute atomic E-state index is 12.3. The van der Waals surface area contributed by atoms with E-state index in [9.17, 15) is 13.2 Å². The zero-order valence-corrected chi connectivity index (χ0v) is 12.9. The van der Waals surface area contributed by atoms with Crippen LogP contribution in [0.1, 0.15) is 12.8 Å². The summed E-state index contributed by atoms with van der Waals surface area (Å²) < 4.78 is 41.1. The van der Waals surface area contributed by atoms with E-state index in [0.717, 1.165) is 31.2 Å². The molecule has 1 heterocycles. The van der Waals surface area contributed by atoms with Crippen LogP contribution in [0.3, 0.4) is 0 Å². The molecule has 0 bridgehead atoms. The van der Waals surface area contributed by atoms with E-state index >= 15 is 0 Å². The maximum atomic E-state index is 12.3. The number of hydrogen-bond acceptors (Lipinski definition) is 3. The van der Waals surface area contributed by atoms with Gasteiger partial charge in [0.2, 0.25) is 0 Å². The summed E-state index contributed by atoms with van der Waals surface area (Å²) in [6.07, 6.45) is -2.13. The SMILES string of the molecule is FC(F)(F)Oc1ccc(N2CCNC(C3CC3)C2)cc1Br. The number of benzene rings is 1. The molecule has 1 aromatic carbocycles. The normalized spacial score (nSPS) is 23.2. The second-order valence-electron chi connectivity index (χ2n) is 5.51. The molecule has 1 saturated heterocycles. The van der Waals surface area contributed by atoms with Crippen LogP contribution in [0.2, 0.25) is 0 Å². The van der Waals surface area contributed by atoms with Gasteiger partial charge in [-0.3, -0.25) is 0 Å². The summed E-state index contributed by atoms with van der Waals surface area (Å²) in [5.41, 5.74) is 0.920. The molecule has 0 amide bonds. The predicted molar refractivity (Wildman–Crippen MR) is 77.6 cm³/mol. The highest BCUT2D eigenvalue weighted by molar-refractivity contribution is 9.10. The second kappa shape index (κ2) is 5.68. The van der Waals surface area contributed by atoms with Crippen molar-refractivity contribution >= 4 is 21.6 Å². The van der Waals surface area contributed by atoms with E-state index in [4.69, 9.17) is 0 Å². The number of nitrogens with zero attached hydrogens (tertiary/aromatic N) is 1. The first-order chi connectivity index (χ1) is 9.92. The molecule has 21 heavy (non-hydrogen) atoms. The molecule has 3 nitrogen and oxygen atoms in total. The molecule has 7 heteroatoms. The average Bonchev–Trinajstić information content (AvgIpc) is 3.24. The van der Waals surface area contributed by atoms with Crippen molar-refractivity contribution in [3.05, 3.63) is 22.7 Å². The fourth-order valence-corrected chi connectivity index (χ4v) is 3.17. The van der Waals surface area contributed by atoms with E-state index in [2.05, 4.69) is 30.9 Å². The van der Waals surface area contributed by atoms with Gasteiger partial charge in [-0.15, -0.1) is 13.2 Å². The molecule has 0 spiro atoms. The lowest BCUT2D eigenvalue weighted by molar-refractivity contribution is -0.274. The van der Waals surface area contributed by atoms with Crippen LogP contribution in [0, 0.1) is 5.92 Å². The van der Waals surface area contributed by atoms with Crippen molar-refractivity contribution in [1.29, 1.82) is 0 Å². The Kier molecular flexibility index (Phi) is 4.05. The number of hydrogen-bond donors (Lipinski definition) is 1. The summed E-state index contributed by atoms with van der Waals surface area (Å²) in [6.45, 7) is 2.66. The largest absolute Gasteiger partial charge is 0.573 e. The summed E-state index contributed by atoms with van der Waals surface area (Å²) in [6, 6.07) is 5.22. The number of halogens is 4. The lowest BCUT2D eigenvalue weighted by Gasteiger charge is -2.35. The van der Waals surface area contributed by atoms with Crippen molar-refractivity contribution < 1.29 is 17.9 Å². The second-order valence-corrected chi connectivity index (χ2v) is 6.36. The summed E-state index contributed by atoms with van der Waals surface area (Å²) in [5, 5.41) is 3.51. The minimum atomic E-state index is -4.67. The lowest BCUT2D eigenvalue weighted by atomic mass is 10.1. The van der Waals surface area contributed by atoms with E-state index in [-0.39, 0.29) is 5.75 Å². The van der Waals surface area contributed by atoms with Crippen molar-refractivity contribution in [3.63, 3.8) is 0 Å². The highest BCUT2D eigenvalue weighted by Crippen LogP contribution is 2.36. The Bertz CT molecular complexity index is 519. The van der Waals surface area contributed by atoms with Gasteiger partial charge in [0, 0.05) is 31.4 Å². The first-order valence-electron chi connectivity index (χ1n) is 6.96. The van der Waals surface area contributed by atoms with Crippen LogP contribution < -0.4 is 15.0 Å². The molecule has 0 radical (unpaired) electrons. The van der Waals surface area contributed by atoms with Crippen LogP contribution in [0.15, 0.2) is 22.7 Å². The van der Waals surface area contributed by atoms with E-state index in [1.54, 1.807) is 12.1 Å². The van der Waals surface area contributed by atoms with Gasteiger partial charge in [-0.2, -0.15) is 0 Å². The van der Waals surface area contributed by atoms with Gasteiger partial charge in [0.15, 0.2) is 0 Å². The van der Waals surface area contributed by atoms with Crippen LogP contribution in [0.4, 0.5) is 18.9 Å². The number of anilines is 1. The Balaban J connectivity index is 1.72. The third kappa shape index (κ3) is 3.83. The average molecular weight is 365 g/mol. The standard InChI is InChI=1S/C14H16BrF3N2O/c15-11-7-10(3-4-13(11)21-14(16,17)18)20-6-5-19-12(8-20)9-1-2-9/h3-4,7,9,12,19H,1-2,5-6,8H2. The fourth-order valence-electron chi connectivity index (χ4n) is 2.72. The van der Waals surface area contributed by atoms with E-state index in [0.29, 0.717) is 10.5 Å². The molecule has 1 atom stereocenters. The van der Waals surface area contributed by atoms with Crippen LogP contribution in [-0.2, 0) is 0 Å². The molecule has 1 saturated carbocycles. The summed E-state index contributed by atoms with van der Waals surface area (Å²) in [4.78, 5) is 2.21. The molecule has 1 aliphatic carbocycles. The van der Waals surface area contributed by atoms with Gasteiger partial charge in [-0.25, -0.2) is 0 Å². The third-order valence-corrected chi connectivity index (χ3v) is 4.52. The molecule has 1 aliphatic heterocycles. The highest BCUT2D eigenvalue weighted by atomic mass is 79.9. The number of nitrogens with one attached hydrogen (secondary N) is 1. The number of rotatable bonds is 3. The quantitative estimate of drug-likeness (QED) is 0.887. The Morgan fingerprint density at radius 1 is 1.29 bits per heavy atom. The minimum absolute atomic E-state index is 0.208. The molecule has 1 unspecified atom stereocenters. The van der Waals surface area contributed by atoms with E-state index < -0.39 is 6.36 Å². The monoisotopic (exact) mass is 364 g/mol. The van der Waals surface area contributed by atoms with Gasteiger partial charge in [-0.1, -0.05) is 0 Å². The van der Waals surface area contributed by atoms with Gasteiger partial charge in [-0.05, 0) is 52.9 Å². The molecule has 0 aromatic heterocycles. The Hall–Kier alpha value is -0.950. The van der Waals surface area contributed by atoms with Crippen LogP contribution in [0.25, 0.3) is 0 Å². The van der Waals surface area contributed by atoms with Gasteiger partial charge in [0.05, 0.1) is 4.47 Å². The number of ether oxygens (including phenoxy) is 1. The van der Waals surface area contributed by atoms with Crippen LogP contribution >= 0.6 is 15.9 Å². The number of piperazine rings is 1. The molecule has 116 valence electrons. The third-order valence-electron chi connectivity index (χ3n) is 3.90. The number of alkyl halides is 3. The van der Waals surface area contributed by atoms with Crippen molar-refractivity contribution in [2.45, 2.75) is 25.2 Å². The fraction of sp³-hybridized carbons (Fsp3) is 0.571. The topological polar surface area (TPSA) is 24.5 Å². The van der Waals surface area contributed by atoms with Crippen molar-refractivity contribution in [3.8, 4) is 5.75 Å². The smallest absolute Gasteiger partial charge is 0.405 e. The summed E-state index contributed by atoms with van der Waals surface area (Å²) >= 11 is 3.16. The van der Waals surface area contributed by atoms with Crippen LogP contribution in [-0.4, -0.2) is 32.0 Å². The molecule has 2 aliphatic rings. The molecular weight excluding hydrogens is 349 g/mol. The Morgan fingerprint density at radius 2 is 2.05 bits per heavy atom. The molecule has 1 N–H and O–H groups in total. The first kappa shape index (κ1) is 15.0. The first-order valence-corrected chi connectivity index (χ1v) is 7.75. The van der Waals surface area contributed by atoms with E-state index in [1.165, 1.54) is 18.9 Å². The van der Waals surface area contributed by atoms with Crippen molar-refractivity contribution in [2.75, 3.05) is 24.5 Å². The Morgan fingerprint density at radius 3 is 2.67 bits per heavy atom. The lowest BCUT2D eigenvalue weighted by Crippen LogP contribution is -2.51. The van der Waals surface area contributed by atoms with E-state index in [1.807, 2.05) is 0 Å². The van der Waals surface area contributed by atoms with Crippen LogP contribution in [0.5, 0.6) is 5.75 Å². The predicted octanol–water partition coefficient (Wildman–Crippen LogP) is 3.54. The molecule has 1 aromatic rings. The zero-order chi connectivity index (χ0) is 15.0.